The highest BCUT2D eigenvalue weighted by atomic mass is 16.1. The minimum atomic E-state index is -0.0578. The summed E-state index contributed by atoms with van der Waals surface area (Å²) in [5, 5.41) is 8.56. The molecule has 0 radical (unpaired) electrons. The minimum Gasteiger partial charge on any atom is -0.311 e. The largest absolute Gasteiger partial charge is 0.311 e. The van der Waals surface area contributed by atoms with Gasteiger partial charge < -0.3 is 5.32 Å². The lowest BCUT2D eigenvalue weighted by Gasteiger charge is -2.11. The molecule has 0 spiro atoms. The maximum Gasteiger partial charge on any atom is 0.225 e. The molecule has 6 nitrogen and oxygen atoms in total. The molecule has 0 bridgehead atoms. The van der Waals surface area contributed by atoms with Gasteiger partial charge in [-0.15, -0.1) is 0 Å². The van der Waals surface area contributed by atoms with Crippen molar-refractivity contribution >= 4 is 28.3 Å². The molecule has 3 heterocycles. The van der Waals surface area contributed by atoms with E-state index in [0.717, 1.165) is 39.2 Å². The molecule has 0 aliphatic carbocycles. The van der Waals surface area contributed by atoms with E-state index >= 15 is 0 Å². The summed E-state index contributed by atoms with van der Waals surface area (Å²) in [6.45, 7) is 5.92. The maximum absolute atomic E-state index is 12.3. The van der Waals surface area contributed by atoms with Crippen molar-refractivity contribution in [3.8, 4) is 0 Å². The zero-order valence-corrected chi connectivity index (χ0v) is 15.7. The highest BCUT2D eigenvalue weighted by Crippen LogP contribution is 2.23. The van der Waals surface area contributed by atoms with Crippen molar-refractivity contribution in [3.63, 3.8) is 0 Å². The predicted molar refractivity (Wildman–Crippen MR) is 106 cm³/mol. The molecule has 3 aromatic heterocycles. The molecular formula is C21H21N5O. The molecule has 0 unspecified atom stereocenters. The van der Waals surface area contributed by atoms with Gasteiger partial charge in [-0.1, -0.05) is 18.2 Å². The summed E-state index contributed by atoms with van der Waals surface area (Å²) in [5.74, 6) is 0.526. The monoisotopic (exact) mass is 359 g/mol. The summed E-state index contributed by atoms with van der Waals surface area (Å²) in [6.07, 6.45) is 0.972. The van der Waals surface area contributed by atoms with Gasteiger partial charge in [-0.25, -0.2) is 14.5 Å². The lowest BCUT2D eigenvalue weighted by atomic mass is 10.1. The first-order valence-corrected chi connectivity index (χ1v) is 9.00. The number of nitrogens with zero attached hydrogens (tertiary/aromatic N) is 4. The fourth-order valence-corrected chi connectivity index (χ4v) is 3.39. The van der Waals surface area contributed by atoms with Crippen LogP contribution in [0.3, 0.4) is 0 Å². The van der Waals surface area contributed by atoms with E-state index in [0.29, 0.717) is 18.7 Å². The second kappa shape index (κ2) is 6.79. The summed E-state index contributed by atoms with van der Waals surface area (Å²) in [4.78, 5) is 21.4. The Morgan fingerprint density at radius 2 is 1.85 bits per heavy atom. The molecule has 1 N–H and O–H groups in total. The van der Waals surface area contributed by atoms with Crippen molar-refractivity contribution in [1.82, 2.24) is 19.6 Å². The third-order valence-electron chi connectivity index (χ3n) is 4.78. The molecule has 6 heteroatoms. The Bertz CT molecular complexity index is 1160. The number of aromatic nitrogens is 4. The summed E-state index contributed by atoms with van der Waals surface area (Å²) in [5.41, 5.74) is 5.68. The third kappa shape index (κ3) is 3.26. The van der Waals surface area contributed by atoms with Crippen LogP contribution in [0, 0.1) is 20.8 Å². The number of nitrogens with one attached hydrogen (secondary N) is 1. The second-order valence-electron chi connectivity index (χ2n) is 6.73. The fourth-order valence-electron chi connectivity index (χ4n) is 3.39. The smallest absolute Gasteiger partial charge is 0.225 e. The van der Waals surface area contributed by atoms with Crippen LogP contribution in [0.1, 0.15) is 29.1 Å². The molecular weight excluding hydrogens is 338 g/mol. The number of amides is 1. The van der Waals surface area contributed by atoms with Gasteiger partial charge in [-0.3, -0.25) is 4.79 Å². The number of hydrogen-bond donors (Lipinski definition) is 1. The minimum absolute atomic E-state index is 0.0578. The van der Waals surface area contributed by atoms with E-state index in [1.54, 1.807) is 6.07 Å². The van der Waals surface area contributed by atoms with Gasteiger partial charge in [0.15, 0.2) is 5.65 Å². The molecule has 0 aliphatic heterocycles. The van der Waals surface area contributed by atoms with Crippen LogP contribution in [0.15, 0.2) is 42.5 Å². The number of anilines is 1. The first-order chi connectivity index (χ1) is 13.0. The number of hydrogen-bond acceptors (Lipinski definition) is 4. The standard InChI is InChI=1S/C21H21N5O/c1-13-7-6-10-19(22-13)24-20(27)12-11-16-14(2)23-21-17-8-4-5-9-18(17)25-26(21)15(16)3/h4-10H,11-12H2,1-3H3,(H,22,24,27). The van der Waals surface area contributed by atoms with Crippen LogP contribution in [0.25, 0.3) is 16.6 Å². The zero-order valence-electron chi connectivity index (χ0n) is 15.7. The first-order valence-electron chi connectivity index (χ1n) is 9.00. The molecule has 0 saturated heterocycles. The number of benzene rings is 1. The fraction of sp³-hybridized carbons (Fsp3) is 0.238. The predicted octanol–water partition coefficient (Wildman–Crippen LogP) is 3.77. The average molecular weight is 359 g/mol. The number of rotatable bonds is 4. The topological polar surface area (TPSA) is 72.2 Å². The summed E-state index contributed by atoms with van der Waals surface area (Å²) < 4.78 is 1.88. The van der Waals surface area contributed by atoms with Gasteiger partial charge in [-0.05, 0) is 57.0 Å². The summed E-state index contributed by atoms with van der Waals surface area (Å²) in [7, 11) is 0. The van der Waals surface area contributed by atoms with Crippen LogP contribution in [0.2, 0.25) is 0 Å². The Morgan fingerprint density at radius 1 is 1.04 bits per heavy atom. The third-order valence-corrected chi connectivity index (χ3v) is 4.78. The summed E-state index contributed by atoms with van der Waals surface area (Å²) in [6, 6.07) is 13.6. The maximum atomic E-state index is 12.3. The van der Waals surface area contributed by atoms with Gasteiger partial charge in [0.05, 0.1) is 5.52 Å². The quantitative estimate of drug-likeness (QED) is 0.602. The zero-order chi connectivity index (χ0) is 19.0. The molecule has 0 fully saturated rings. The lowest BCUT2D eigenvalue weighted by molar-refractivity contribution is -0.116. The molecule has 4 rings (SSSR count). The van der Waals surface area contributed by atoms with Gasteiger partial charge in [0.1, 0.15) is 5.82 Å². The Kier molecular flexibility index (Phi) is 4.32. The molecule has 136 valence electrons. The van der Waals surface area contributed by atoms with Gasteiger partial charge in [0.25, 0.3) is 0 Å². The number of fused-ring (bicyclic) bond motifs is 3. The molecule has 1 aromatic carbocycles. The molecule has 1 amide bonds. The van der Waals surface area contributed by atoms with E-state index in [4.69, 9.17) is 4.98 Å². The number of carbonyl (C=O) groups excluding carboxylic acids is 1. The molecule has 4 aromatic rings. The molecule has 0 atom stereocenters. The average Bonchev–Trinajstić information content (AvgIpc) is 3.00. The Labute approximate surface area is 157 Å². The second-order valence-corrected chi connectivity index (χ2v) is 6.73. The van der Waals surface area contributed by atoms with Crippen molar-refractivity contribution in [2.24, 2.45) is 0 Å². The van der Waals surface area contributed by atoms with Crippen molar-refractivity contribution in [3.05, 3.63) is 65.1 Å². The lowest BCUT2D eigenvalue weighted by Crippen LogP contribution is -2.15. The summed E-state index contributed by atoms with van der Waals surface area (Å²) >= 11 is 0. The number of carbonyl (C=O) groups is 1. The number of pyridine rings is 1. The van der Waals surface area contributed by atoms with Gasteiger partial charge >= 0.3 is 0 Å². The van der Waals surface area contributed by atoms with Crippen molar-refractivity contribution < 1.29 is 4.79 Å². The molecule has 0 saturated carbocycles. The van der Waals surface area contributed by atoms with E-state index in [9.17, 15) is 4.79 Å². The normalized spacial score (nSPS) is 11.2. The van der Waals surface area contributed by atoms with Crippen LogP contribution in [0.5, 0.6) is 0 Å². The Balaban J connectivity index is 1.58. The van der Waals surface area contributed by atoms with E-state index in [1.165, 1.54) is 0 Å². The van der Waals surface area contributed by atoms with Gasteiger partial charge in [0, 0.05) is 28.9 Å². The highest BCUT2D eigenvalue weighted by molar-refractivity contribution is 5.92. The first kappa shape index (κ1) is 17.1. The Morgan fingerprint density at radius 3 is 2.67 bits per heavy atom. The van der Waals surface area contributed by atoms with Crippen molar-refractivity contribution in [2.75, 3.05) is 5.32 Å². The highest BCUT2D eigenvalue weighted by Gasteiger charge is 2.15. The van der Waals surface area contributed by atoms with E-state index in [-0.39, 0.29) is 5.91 Å². The van der Waals surface area contributed by atoms with Crippen LogP contribution in [-0.4, -0.2) is 25.5 Å². The van der Waals surface area contributed by atoms with E-state index in [2.05, 4.69) is 15.4 Å². The van der Waals surface area contributed by atoms with Crippen LogP contribution in [-0.2, 0) is 11.2 Å². The SMILES string of the molecule is Cc1cccc(NC(=O)CCc2c(C)nc3c4ccccc4nn3c2C)n1. The van der Waals surface area contributed by atoms with Gasteiger partial charge in [0.2, 0.25) is 5.91 Å². The van der Waals surface area contributed by atoms with Crippen LogP contribution >= 0.6 is 0 Å². The van der Waals surface area contributed by atoms with Crippen LogP contribution < -0.4 is 5.32 Å². The van der Waals surface area contributed by atoms with E-state index < -0.39 is 0 Å². The van der Waals surface area contributed by atoms with Crippen molar-refractivity contribution in [1.29, 1.82) is 0 Å². The number of aryl methyl sites for hydroxylation is 3. The Hall–Kier alpha value is -3.28. The molecule has 0 aliphatic rings. The van der Waals surface area contributed by atoms with E-state index in [1.807, 2.05) is 61.7 Å². The molecule has 27 heavy (non-hydrogen) atoms. The van der Waals surface area contributed by atoms with Crippen molar-refractivity contribution in [2.45, 2.75) is 33.6 Å². The van der Waals surface area contributed by atoms with Gasteiger partial charge in [-0.2, -0.15) is 5.10 Å². The van der Waals surface area contributed by atoms with Crippen LogP contribution in [0.4, 0.5) is 5.82 Å².